The predicted molar refractivity (Wildman–Crippen MR) is 96.9 cm³/mol. The molecule has 0 radical (unpaired) electrons. The second-order valence-electron chi connectivity index (χ2n) is 6.55. The average Bonchev–Trinajstić information content (AvgIpc) is 3.17. The number of amides is 1. The molecule has 1 fully saturated rings. The molecule has 1 aliphatic rings. The normalized spacial score (nSPS) is 17.9. The maximum atomic E-state index is 12.5. The first-order chi connectivity index (χ1) is 12.1. The molecule has 1 saturated heterocycles. The van der Waals surface area contributed by atoms with Crippen LogP contribution in [0.4, 0.5) is 0 Å². The highest BCUT2D eigenvalue weighted by atomic mass is 16.5. The van der Waals surface area contributed by atoms with Crippen LogP contribution >= 0.6 is 0 Å². The van der Waals surface area contributed by atoms with Crippen LogP contribution in [0.2, 0.25) is 0 Å². The number of carbonyl (C=O) groups is 2. The van der Waals surface area contributed by atoms with Gasteiger partial charge in [-0.05, 0) is 31.0 Å². The molecule has 0 unspecified atom stereocenters. The second-order valence-corrected chi connectivity index (χ2v) is 6.55. The van der Waals surface area contributed by atoms with Crippen molar-refractivity contribution >= 4 is 11.7 Å². The van der Waals surface area contributed by atoms with Gasteiger partial charge in [0.2, 0.25) is 0 Å². The maximum Gasteiger partial charge on any atom is 0.251 e. The van der Waals surface area contributed by atoms with E-state index >= 15 is 0 Å². The molecule has 4 heteroatoms. The molecule has 1 aliphatic heterocycles. The highest BCUT2D eigenvalue weighted by Crippen LogP contribution is 2.25. The van der Waals surface area contributed by atoms with Crippen LogP contribution < -0.4 is 5.32 Å². The maximum absolute atomic E-state index is 12.5. The minimum atomic E-state index is -0.223. The summed E-state index contributed by atoms with van der Waals surface area (Å²) in [6.45, 7) is 3.35. The number of rotatable bonds is 6. The van der Waals surface area contributed by atoms with Crippen LogP contribution in [-0.2, 0) is 4.74 Å². The summed E-state index contributed by atoms with van der Waals surface area (Å²) >= 11 is 0. The highest BCUT2D eigenvalue weighted by Gasteiger charge is 2.19. The SMILES string of the molecule is C[C@@H](CC(=O)c1ccccc1)NC(=O)c1cccc([C@@H]2CCOC2)c1. The van der Waals surface area contributed by atoms with Gasteiger partial charge in [-0.2, -0.15) is 0 Å². The fourth-order valence-corrected chi connectivity index (χ4v) is 3.11. The first kappa shape index (κ1) is 17.4. The zero-order valence-electron chi connectivity index (χ0n) is 14.4. The van der Waals surface area contributed by atoms with Crippen molar-refractivity contribution in [2.24, 2.45) is 0 Å². The van der Waals surface area contributed by atoms with Crippen LogP contribution in [0.5, 0.6) is 0 Å². The summed E-state index contributed by atoms with van der Waals surface area (Å²) in [5, 5.41) is 2.92. The van der Waals surface area contributed by atoms with Crippen LogP contribution in [0.15, 0.2) is 54.6 Å². The van der Waals surface area contributed by atoms with Crippen LogP contribution in [0.25, 0.3) is 0 Å². The van der Waals surface area contributed by atoms with Gasteiger partial charge >= 0.3 is 0 Å². The van der Waals surface area contributed by atoms with E-state index in [-0.39, 0.29) is 24.2 Å². The minimum absolute atomic E-state index is 0.0326. The predicted octanol–water partition coefficient (Wildman–Crippen LogP) is 3.58. The summed E-state index contributed by atoms with van der Waals surface area (Å²) in [6, 6.07) is 16.6. The van der Waals surface area contributed by atoms with Gasteiger partial charge in [0.15, 0.2) is 5.78 Å². The second kappa shape index (κ2) is 8.08. The Labute approximate surface area is 148 Å². The first-order valence-electron chi connectivity index (χ1n) is 8.70. The van der Waals surface area contributed by atoms with E-state index in [1.165, 1.54) is 0 Å². The molecule has 1 amide bonds. The number of carbonyl (C=O) groups excluding carboxylic acids is 2. The van der Waals surface area contributed by atoms with Gasteiger partial charge in [-0.3, -0.25) is 9.59 Å². The molecule has 3 rings (SSSR count). The number of hydrogen-bond donors (Lipinski definition) is 1. The Hall–Kier alpha value is -2.46. The lowest BCUT2D eigenvalue weighted by atomic mass is 9.96. The van der Waals surface area contributed by atoms with Crippen LogP contribution in [0, 0.1) is 0 Å². The highest BCUT2D eigenvalue weighted by molar-refractivity contribution is 5.98. The Balaban J connectivity index is 1.60. The number of Topliss-reactive ketones (excluding diaryl/α,β-unsaturated/α-hetero) is 1. The number of ether oxygens (including phenoxy) is 1. The Bertz CT molecular complexity index is 736. The standard InChI is InChI=1S/C21H23NO3/c1-15(12-20(23)16-6-3-2-4-7-16)22-21(24)18-9-5-8-17(13-18)19-10-11-25-14-19/h2-9,13,15,19H,10-12,14H2,1H3,(H,22,24)/t15-,19+/m0/s1. The van der Waals surface area contributed by atoms with Crippen LogP contribution in [0.1, 0.15) is 52.0 Å². The third kappa shape index (κ3) is 4.54. The van der Waals surface area contributed by atoms with Gasteiger partial charge in [-0.15, -0.1) is 0 Å². The molecule has 0 aromatic heterocycles. The van der Waals surface area contributed by atoms with Crippen molar-refractivity contribution in [3.05, 3.63) is 71.3 Å². The third-order valence-corrected chi connectivity index (χ3v) is 4.51. The van der Waals surface area contributed by atoms with Gasteiger partial charge < -0.3 is 10.1 Å². The molecule has 25 heavy (non-hydrogen) atoms. The largest absolute Gasteiger partial charge is 0.381 e. The first-order valence-corrected chi connectivity index (χ1v) is 8.70. The quantitative estimate of drug-likeness (QED) is 0.820. The zero-order valence-corrected chi connectivity index (χ0v) is 14.4. The Morgan fingerprint density at radius 1 is 1.12 bits per heavy atom. The molecule has 0 spiro atoms. The molecule has 4 nitrogen and oxygen atoms in total. The number of nitrogens with one attached hydrogen (secondary N) is 1. The van der Waals surface area contributed by atoms with E-state index in [1.54, 1.807) is 18.2 Å². The number of hydrogen-bond acceptors (Lipinski definition) is 3. The van der Waals surface area contributed by atoms with E-state index in [0.29, 0.717) is 23.7 Å². The van der Waals surface area contributed by atoms with Crippen molar-refractivity contribution in [1.82, 2.24) is 5.32 Å². The monoisotopic (exact) mass is 337 g/mol. The van der Waals surface area contributed by atoms with Crippen molar-refractivity contribution in [2.75, 3.05) is 13.2 Å². The van der Waals surface area contributed by atoms with Crippen molar-refractivity contribution < 1.29 is 14.3 Å². The molecule has 2 aromatic rings. The average molecular weight is 337 g/mol. The van der Waals surface area contributed by atoms with E-state index in [0.717, 1.165) is 18.6 Å². The number of benzene rings is 2. The molecule has 0 saturated carbocycles. The third-order valence-electron chi connectivity index (χ3n) is 4.51. The molecule has 130 valence electrons. The van der Waals surface area contributed by atoms with Gasteiger partial charge in [0.1, 0.15) is 0 Å². The minimum Gasteiger partial charge on any atom is -0.381 e. The fourth-order valence-electron chi connectivity index (χ4n) is 3.11. The van der Waals surface area contributed by atoms with Gasteiger partial charge in [0.05, 0.1) is 6.61 Å². The molecule has 2 atom stereocenters. The van der Waals surface area contributed by atoms with E-state index in [4.69, 9.17) is 4.74 Å². The topological polar surface area (TPSA) is 55.4 Å². The van der Waals surface area contributed by atoms with Gasteiger partial charge in [0, 0.05) is 36.1 Å². The van der Waals surface area contributed by atoms with Gasteiger partial charge in [0.25, 0.3) is 5.91 Å². The van der Waals surface area contributed by atoms with Gasteiger partial charge in [-0.1, -0.05) is 42.5 Å². The summed E-state index contributed by atoms with van der Waals surface area (Å²) in [6.07, 6.45) is 1.28. The summed E-state index contributed by atoms with van der Waals surface area (Å²) in [7, 11) is 0. The van der Waals surface area contributed by atoms with E-state index in [9.17, 15) is 9.59 Å². The van der Waals surface area contributed by atoms with Crippen molar-refractivity contribution in [1.29, 1.82) is 0 Å². The molecule has 2 aromatic carbocycles. The Morgan fingerprint density at radius 2 is 1.88 bits per heavy atom. The van der Waals surface area contributed by atoms with Crippen molar-refractivity contribution in [2.45, 2.75) is 31.7 Å². The summed E-state index contributed by atoms with van der Waals surface area (Å²) in [5.74, 6) is 0.254. The van der Waals surface area contributed by atoms with Crippen molar-refractivity contribution in [3.63, 3.8) is 0 Å². The van der Waals surface area contributed by atoms with Crippen molar-refractivity contribution in [3.8, 4) is 0 Å². The summed E-state index contributed by atoms with van der Waals surface area (Å²) < 4.78 is 5.42. The molecule has 1 heterocycles. The van der Waals surface area contributed by atoms with Crippen LogP contribution in [-0.4, -0.2) is 30.9 Å². The van der Waals surface area contributed by atoms with E-state index in [2.05, 4.69) is 5.32 Å². The number of ketones is 1. The molecule has 1 N–H and O–H groups in total. The van der Waals surface area contributed by atoms with E-state index in [1.807, 2.05) is 43.3 Å². The smallest absolute Gasteiger partial charge is 0.251 e. The Morgan fingerprint density at radius 3 is 2.60 bits per heavy atom. The van der Waals surface area contributed by atoms with Gasteiger partial charge in [-0.25, -0.2) is 0 Å². The molecular weight excluding hydrogens is 314 g/mol. The van der Waals surface area contributed by atoms with Crippen LogP contribution in [0.3, 0.4) is 0 Å². The Kier molecular flexibility index (Phi) is 5.61. The summed E-state index contributed by atoms with van der Waals surface area (Å²) in [4.78, 5) is 24.7. The lowest BCUT2D eigenvalue weighted by molar-refractivity contribution is 0.0918. The molecule has 0 bridgehead atoms. The summed E-state index contributed by atoms with van der Waals surface area (Å²) in [5.41, 5.74) is 2.44. The lowest BCUT2D eigenvalue weighted by Gasteiger charge is -2.15. The molecular formula is C21H23NO3. The van der Waals surface area contributed by atoms with E-state index < -0.39 is 0 Å². The fraction of sp³-hybridized carbons (Fsp3) is 0.333. The lowest BCUT2D eigenvalue weighted by Crippen LogP contribution is -2.34. The molecule has 0 aliphatic carbocycles. The zero-order chi connectivity index (χ0) is 17.6.